The Balaban J connectivity index is 1.84. The first-order valence-corrected chi connectivity index (χ1v) is 10.2. The van der Waals surface area contributed by atoms with Gasteiger partial charge in [0.1, 0.15) is 11.5 Å². The number of aryl methyl sites for hydroxylation is 1. The predicted octanol–water partition coefficient (Wildman–Crippen LogP) is 4.64. The van der Waals surface area contributed by atoms with Crippen LogP contribution in [0.1, 0.15) is 61.3 Å². The van der Waals surface area contributed by atoms with E-state index in [9.17, 15) is 4.79 Å². The molecule has 1 fully saturated rings. The Morgan fingerprint density at radius 1 is 1.17 bits per heavy atom. The van der Waals surface area contributed by atoms with E-state index in [2.05, 4.69) is 26.1 Å². The average Bonchev–Trinajstić information content (AvgIpc) is 3.50. The molecule has 2 aromatic heterocycles. The summed E-state index contributed by atoms with van der Waals surface area (Å²) in [4.78, 5) is 18.3. The predicted molar refractivity (Wildman–Crippen MR) is 117 cm³/mol. The quantitative estimate of drug-likeness (QED) is 0.665. The standard InChI is InChI=1S/C23H28N4O3/c1-13-20-16(22(28)25-18-11-15(29-5)9-10-19(18)30-6)12-17(14-7-8-14)24-21(20)27(26-13)23(2,3)4/h9-12,14H,7-8H2,1-6H3,(H,25,28). The Bertz CT molecular complexity index is 1120. The van der Waals surface area contributed by atoms with Crippen LogP contribution in [0.15, 0.2) is 24.3 Å². The number of methoxy groups -OCH3 is 2. The maximum atomic E-state index is 13.4. The van der Waals surface area contributed by atoms with Crippen molar-refractivity contribution in [3.8, 4) is 11.5 Å². The monoisotopic (exact) mass is 408 g/mol. The van der Waals surface area contributed by atoms with Crippen molar-refractivity contribution in [2.45, 2.75) is 52.0 Å². The van der Waals surface area contributed by atoms with E-state index in [4.69, 9.17) is 19.6 Å². The molecule has 4 rings (SSSR count). The zero-order valence-corrected chi connectivity index (χ0v) is 18.4. The van der Waals surface area contributed by atoms with Gasteiger partial charge in [-0.15, -0.1) is 0 Å². The van der Waals surface area contributed by atoms with Crippen molar-refractivity contribution in [3.05, 3.63) is 41.2 Å². The summed E-state index contributed by atoms with van der Waals surface area (Å²) in [6.07, 6.45) is 2.21. The van der Waals surface area contributed by atoms with Crippen molar-refractivity contribution in [2.75, 3.05) is 19.5 Å². The van der Waals surface area contributed by atoms with Crippen LogP contribution in [0.4, 0.5) is 5.69 Å². The molecule has 1 aliphatic carbocycles. The van der Waals surface area contributed by atoms with Crippen LogP contribution < -0.4 is 14.8 Å². The van der Waals surface area contributed by atoms with Crippen molar-refractivity contribution in [3.63, 3.8) is 0 Å². The third-order valence-electron chi connectivity index (χ3n) is 5.36. The molecule has 1 aromatic carbocycles. The summed E-state index contributed by atoms with van der Waals surface area (Å²) in [7, 11) is 3.16. The molecule has 0 aliphatic heterocycles. The largest absolute Gasteiger partial charge is 0.497 e. The number of ether oxygens (including phenoxy) is 2. The SMILES string of the molecule is COc1ccc(OC)c(NC(=O)c2cc(C3CC3)nc3c2c(C)nn3C(C)(C)C)c1. The summed E-state index contributed by atoms with van der Waals surface area (Å²) in [6, 6.07) is 7.24. The number of carbonyl (C=O) groups is 1. The Hall–Kier alpha value is -3.09. The fourth-order valence-electron chi connectivity index (χ4n) is 3.64. The van der Waals surface area contributed by atoms with Crippen molar-refractivity contribution in [2.24, 2.45) is 0 Å². The van der Waals surface area contributed by atoms with Crippen LogP contribution in [0.25, 0.3) is 11.0 Å². The van der Waals surface area contributed by atoms with Crippen molar-refractivity contribution < 1.29 is 14.3 Å². The highest BCUT2D eigenvalue weighted by atomic mass is 16.5. The molecule has 7 nitrogen and oxygen atoms in total. The summed E-state index contributed by atoms with van der Waals surface area (Å²) in [5.41, 5.74) is 3.40. The normalized spacial score (nSPS) is 14.1. The lowest BCUT2D eigenvalue weighted by molar-refractivity contribution is 0.102. The van der Waals surface area contributed by atoms with Crippen molar-refractivity contribution in [1.29, 1.82) is 0 Å². The first-order chi connectivity index (χ1) is 14.2. The van der Waals surface area contributed by atoms with Crippen LogP contribution in [0.3, 0.4) is 0 Å². The van der Waals surface area contributed by atoms with Crippen LogP contribution in [0, 0.1) is 6.92 Å². The number of benzene rings is 1. The number of fused-ring (bicyclic) bond motifs is 1. The molecule has 7 heteroatoms. The minimum absolute atomic E-state index is 0.215. The van der Waals surface area contributed by atoms with E-state index in [1.807, 2.05) is 17.7 Å². The van der Waals surface area contributed by atoms with E-state index < -0.39 is 0 Å². The zero-order chi connectivity index (χ0) is 21.6. The molecule has 2 heterocycles. The van der Waals surface area contributed by atoms with Gasteiger partial charge in [-0.25, -0.2) is 9.67 Å². The van der Waals surface area contributed by atoms with E-state index in [0.717, 1.165) is 35.3 Å². The van der Waals surface area contributed by atoms with Gasteiger partial charge in [-0.2, -0.15) is 5.10 Å². The topological polar surface area (TPSA) is 78.3 Å². The first kappa shape index (κ1) is 20.2. The van der Waals surface area contributed by atoms with Gasteiger partial charge in [0.15, 0.2) is 5.65 Å². The first-order valence-electron chi connectivity index (χ1n) is 10.2. The van der Waals surface area contributed by atoms with E-state index >= 15 is 0 Å². The van der Waals surface area contributed by atoms with Crippen LogP contribution >= 0.6 is 0 Å². The second-order valence-electron chi connectivity index (χ2n) is 8.76. The summed E-state index contributed by atoms with van der Waals surface area (Å²) < 4.78 is 12.6. The third kappa shape index (κ3) is 3.60. The van der Waals surface area contributed by atoms with Gasteiger partial charge in [-0.3, -0.25) is 4.79 Å². The number of hydrogen-bond acceptors (Lipinski definition) is 5. The summed E-state index contributed by atoms with van der Waals surface area (Å²) in [5, 5.41) is 8.51. The highest BCUT2D eigenvalue weighted by Gasteiger charge is 2.30. The fourth-order valence-corrected chi connectivity index (χ4v) is 3.64. The summed E-state index contributed by atoms with van der Waals surface area (Å²) >= 11 is 0. The van der Waals surface area contributed by atoms with Gasteiger partial charge in [-0.05, 0) is 58.7 Å². The Labute approximate surface area is 176 Å². The van der Waals surface area contributed by atoms with Gasteiger partial charge >= 0.3 is 0 Å². The lowest BCUT2D eigenvalue weighted by Gasteiger charge is -2.20. The van der Waals surface area contributed by atoms with E-state index in [-0.39, 0.29) is 11.4 Å². The second-order valence-corrected chi connectivity index (χ2v) is 8.76. The summed E-state index contributed by atoms with van der Waals surface area (Å²) in [5.74, 6) is 1.41. The second kappa shape index (κ2) is 7.31. The van der Waals surface area contributed by atoms with Gasteiger partial charge in [-0.1, -0.05) is 0 Å². The molecule has 0 spiro atoms. The molecule has 1 N–H and O–H groups in total. The van der Waals surface area contributed by atoms with Gasteiger partial charge < -0.3 is 14.8 Å². The van der Waals surface area contributed by atoms with Crippen molar-refractivity contribution >= 4 is 22.6 Å². The molecule has 0 unspecified atom stereocenters. The number of rotatable bonds is 5. The van der Waals surface area contributed by atoms with Crippen molar-refractivity contribution in [1.82, 2.24) is 14.8 Å². The molecule has 3 aromatic rings. The van der Waals surface area contributed by atoms with Crippen LogP contribution in [0.5, 0.6) is 11.5 Å². The number of anilines is 1. The van der Waals surface area contributed by atoms with Gasteiger partial charge in [0, 0.05) is 17.7 Å². The lowest BCUT2D eigenvalue weighted by Crippen LogP contribution is -2.23. The molecule has 0 atom stereocenters. The average molecular weight is 409 g/mol. The maximum Gasteiger partial charge on any atom is 0.256 e. The lowest BCUT2D eigenvalue weighted by atomic mass is 10.1. The van der Waals surface area contributed by atoms with Crippen LogP contribution in [-0.4, -0.2) is 34.9 Å². The number of nitrogens with zero attached hydrogens (tertiary/aromatic N) is 3. The molecule has 0 radical (unpaired) electrons. The zero-order valence-electron chi connectivity index (χ0n) is 18.4. The molecular formula is C23H28N4O3. The molecule has 30 heavy (non-hydrogen) atoms. The number of amides is 1. The molecule has 0 bridgehead atoms. The maximum absolute atomic E-state index is 13.4. The van der Waals surface area contributed by atoms with Gasteiger partial charge in [0.05, 0.1) is 42.1 Å². The van der Waals surface area contributed by atoms with Gasteiger partial charge in [0.2, 0.25) is 0 Å². The smallest absolute Gasteiger partial charge is 0.256 e. The molecule has 1 amide bonds. The van der Waals surface area contributed by atoms with Crippen LogP contribution in [0.2, 0.25) is 0 Å². The minimum atomic E-state index is -0.245. The molecular weight excluding hydrogens is 380 g/mol. The van der Waals surface area contributed by atoms with Gasteiger partial charge in [0.25, 0.3) is 5.91 Å². The van der Waals surface area contributed by atoms with E-state index in [0.29, 0.717) is 28.7 Å². The Morgan fingerprint density at radius 3 is 2.50 bits per heavy atom. The minimum Gasteiger partial charge on any atom is -0.497 e. The fraction of sp³-hybridized carbons (Fsp3) is 0.435. The number of aromatic nitrogens is 3. The number of carbonyl (C=O) groups excluding carboxylic acids is 1. The van der Waals surface area contributed by atoms with E-state index in [1.54, 1.807) is 32.4 Å². The molecule has 158 valence electrons. The number of hydrogen-bond donors (Lipinski definition) is 1. The molecule has 1 saturated carbocycles. The number of nitrogens with one attached hydrogen (secondary N) is 1. The Kier molecular flexibility index (Phi) is 4.92. The molecule has 0 saturated heterocycles. The highest BCUT2D eigenvalue weighted by molar-refractivity contribution is 6.13. The molecule has 1 aliphatic rings. The van der Waals surface area contributed by atoms with Crippen LogP contribution in [-0.2, 0) is 5.54 Å². The summed E-state index contributed by atoms with van der Waals surface area (Å²) in [6.45, 7) is 8.19. The van der Waals surface area contributed by atoms with E-state index in [1.165, 1.54) is 0 Å². The Morgan fingerprint density at radius 2 is 1.90 bits per heavy atom. The number of pyridine rings is 1. The third-order valence-corrected chi connectivity index (χ3v) is 5.36. The highest BCUT2D eigenvalue weighted by Crippen LogP contribution is 2.41.